The predicted octanol–water partition coefficient (Wildman–Crippen LogP) is 0.564. The van der Waals surface area contributed by atoms with E-state index in [-0.39, 0.29) is 6.54 Å². The molecule has 6 heteroatoms. The van der Waals surface area contributed by atoms with Crippen molar-refractivity contribution in [3.05, 3.63) is 0 Å². The normalized spacial score (nSPS) is 24.4. The average molecular weight is 221 g/mol. The van der Waals surface area contributed by atoms with Gasteiger partial charge in [-0.2, -0.15) is 0 Å². The van der Waals surface area contributed by atoms with E-state index < -0.39 is 21.2 Å². The Kier molecular flexibility index (Phi) is 3.36. The molecule has 1 amide bonds. The van der Waals surface area contributed by atoms with Gasteiger partial charge in [-0.3, -0.25) is 0 Å². The lowest BCUT2D eigenvalue weighted by atomic mass is 10.2. The van der Waals surface area contributed by atoms with Gasteiger partial charge in [-0.15, -0.1) is 0 Å². The Balaban J connectivity index is 2.75. The van der Waals surface area contributed by atoms with Crippen LogP contribution in [0.5, 0.6) is 0 Å². The van der Waals surface area contributed by atoms with E-state index in [0.29, 0.717) is 13.0 Å². The zero-order valence-electron chi connectivity index (χ0n) is 8.14. The number of sulfone groups is 1. The predicted molar refractivity (Wildman–Crippen MR) is 52.1 cm³/mol. The molecule has 82 valence electrons. The molecule has 1 unspecified atom stereocenters. The number of nitrogens with zero attached hydrogens (tertiary/aromatic N) is 1. The first kappa shape index (κ1) is 11.3. The summed E-state index contributed by atoms with van der Waals surface area (Å²) in [5.74, 6) is 0. The van der Waals surface area contributed by atoms with Crippen molar-refractivity contribution in [1.29, 1.82) is 0 Å². The number of carbonyl (C=O) groups is 1. The van der Waals surface area contributed by atoms with Crippen LogP contribution in [0.2, 0.25) is 0 Å². The average Bonchev–Trinajstić information content (AvgIpc) is 2.26. The molecule has 1 rings (SSSR count). The minimum Gasteiger partial charge on any atom is -0.465 e. The lowest BCUT2D eigenvalue weighted by Gasteiger charge is -2.20. The van der Waals surface area contributed by atoms with Crippen LogP contribution in [-0.2, 0) is 9.84 Å². The molecule has 1 atom stereocenters. The lowest BCUT2D eigenvalue weighted by molar-refractivity contribution is 0.147. The fourth-order valence-corrected chi connectivity index (χ4v) is 2.67. The second-order valence-corrected chi connectivity index (χ2v) is 6.00. The van der Waals surface area contributed by atoms with E-state index in [1.54, 1.807) is 0 Å². The Morgan fingerprint density at radius 1 is 1.43 bits per heavy atom. The number of amides is 1. The molecule has 1 aliphatic heterocycles. The standard InChI is InChI=1S/C8H15NO4S/c1-14(12,13)7-4-2-3-5-9(6-7)8(10)11/h7H,2-6H2,1H3,(H,10,11). The summed E-state index contributed by atoms with van der Waals surface area (Å²) < 4.78 is 22.6. The van der Waals surface area contributed by atoms with Crippen LogP contribution in [0.4, 0.5) is 4.79 Å². The molecule has 1 N–H and O–H groups in total. The maximum atomic E-state index is 11.3. The van der Waals surface area contributed by atoms with Gasteiger partial charge >= 0.3 is 6.09 Å². The van der Waals surface area contributed by atoms with E-state index in [4.69, 9.17) is 5.11 Å². The largest absolute Gasteiger partial charge is 0.465 e. The van der Waals surface area contributed by atoms with Crippen molar-refractivity contribution in [2.45, 2.75) is 24.5 Å². The topological polar surface area (TPSA) is 74.7 Å². The van der Waals surface area contributed by atoms with Gasteiger partial charge in [-0.1, -0.05) is 6.42 Å². The lowest BCUT2D eigenvalue weighted by Crippen LogP contribution is -2.38. The molecule has 1 saturated heterocycles. The number of carboxylic acid groups (broad SMARTS) is 1. The Morgan fingerprint density at radius 3 is 2.57 bits per heavy atom. The first-order valence-electron chi connectivity index (χ1n) is 4.58. The zero-order valence-corrected chi connectivity index (χ0v) is 8.96. The molecule has 1 fully saturated rings. The molecule has 0 radical (unpaired) electrons. The maximum Gasteiger partial charge on any atom is 0.407 e. The highest BCUT2D eigenvalue weighted by molar-refractivity contribution is 7.91. The SMILES string of the molecule is CS(=O)(=O)C1CCCCN(C(=O)O)C1. The number of hydrogen-bond donors (Lipinski definition) is 1. The number of hydrogen-bond acceptors (Lipinski definition) is 3. The second kappa shape index (κ2) is 4.16. The summed E-state index contributed by atoms with van der Waals surface area (Å²) in [6.45, 7) is 0.565. The molecular weight excluding hydrogens is 206 g/mol. The first-order valence-corrected chi connectivity index (χ1v) is 6.53. The van der Waals surface area contributed by atoms with E-state index in [9.17, 15) is 13.2 Å². The first-order chi connectivity index (χ1) is 6.41. The molecule has 0 aliphatic carbocycles. The van der Waals surface area contributed by atoms with Crippen LogP contribution < -0.4 is 0 Å². The van der Waals surface area contributed by atoms with Crippen molar-refractivity contribution >= 4 is 15.9 Å². The second-order valence-electron chi connectivity index (χ2n) is 3.68. The summed E-state index contributed by atoms with van der Waals surface area (Å²) >= 11 is 0. The Labute approximate surface area is 83.6 Å². The Hall–Kier alpha value is -0.780. The van der Waals surface area contributed by atoms with Crippen LogP contribution in [-0.4, -0.2) is 49.1 Å². The van der Waals surface area contributed by atoms with Crippen molar-refractivity contribution < 1.29 is 18.3 Å². The highest BCUT2D eigenvalue weighted by atomic mass is 32.2. The zero-order chi connectivity index (χ0) is 10.8. The van der Waals surface area contributed by atoms with Crippen LogP contribution in [0.25, 0.3) is 0 Å². The molecule has 0 saturated carbocycles. The summed E-state index contributed by atoms with van der Waals surface area (Å²) in [6, 6.07) is 0. The van der Waals surface area contributed by atoms with E-state index >= 15 is 0 Å². The summed E-state index contributed by atoms with van der Waals surface area (Å²) in [5, 5.41) is 8.25. The highest BCUT2D eigenvalue weighted by Crippen LogP contribution is 2.16. The number of likely N-dealkylation sites (tertiary alicyclic amines) is 1. The van der Waals surface area contributed by atoms with Gasteiger partial charge in [-0.05, 0) is 12.8 Å². The maximum absolute atomic E-state index is 11.3. The molecule has 1 heterocycles. The van der Waals surface area contributed by atoms with Gasteiger partial charge in [0.15, 0.2) is 9.84 Å². The van der Waals surface area contributed by atoms with E-state index in [2.05, 4.69) is 0 Å². The molecule has 0 aromatic heterocycles. The number of rotatable bonds is 1. The molecular formula is C8H15NO4S. The van der Waals surface area contributed by atoms with Gasteiger partial charge < -0.3 is 10.0 Å². The van der Waals surface area contributed by atoms with Gasteiger partial charge in [0.05, 0.1) is 5.25 Å². The van der Waals surface area contributed by atoms with Crippen LogP contribution in [0.15, 0.2) is 0 Å². The van der Waals surface area contributed by atoms with Crippen LogP contribution >= 0.6 is 0 Å². The van der Waals surface area contributed by atoms with Gasteiger partial charge in [0.25, 0.3) is 0 Å². The molecule has 0 spiro atoms. The van der Waals surface area contributed by atoms with Crippen molar-refractivity contribution in [3.8, 4) is 0 Å². The van der Waals surface area contributed by atoms with Gasteiger partial charge in [0.2, 0.25) is 0 Å². The molecule has 0 bridgehead atoms. The van der Waals surface area contributed by atoms with E-state index in [1.165, 1.54) is 11.2 Å². The molecule has 14 heavy (non-hydrogen) atoms. The van der Waals surface area contributed by atoms with Gasteiger partial charge in [-0.25, -0.2) is 13.2 Å². The van der Waals surface area contributed by atoms with E-state index in [0.717, 1.165) is 12.8 Å². The van der Waals surface area contributed by atoms with Crippen molar-refractivity contribution in [1.82, 2.24) is 4.90 Å². The van der Waals surface area contributed by atoms with Crippen LogP contribution in [0, 0.1) is 0 Å². The molecule has 5 nitrogen and oxygen atoms in total. The third-order valence-corrected chi connectivity index (χ3v) is 4.10. The summed E-state index contributed by atoms with van der Waals surface area (Å²) in [5.41, 5.74) is 0. The molecule has 0 aromatic carbocycles. The Morgan fingerprint density at radius 2 is 2.07 bits per heavy atom. The van der Waals surface area contributed by atoms with Gasteiger partial charge in [0.1, 0.15) is 0 Å². The fourth-order valence-electron chi connectivity index (χ4n) is 1.63. The van der Waals surface area contributed by atoms with Crippen LogP contribution in [0.3, 0.4) is 0 Å². The highest BCUT2D eigenvalue weighted by Gasteiger charge is 2.27. The third kappa shape index (κ3) is 2.87. The monoisotopic (exact) mass is 221 g/mol. The molecule has 1 aliphatic rings. The quantitative estimate of drug-likeness (QED) is 0.702. The van der Waals surface area contributed by atoms with Crippen molar-refractivity contribution in [2.24, 2.45) is 0 Å². The van der Waals surface area contributed by atoms with Crippen molar-refractivity contribution in [2.75, 3.05) is 19.3 Å². The minimum atomic E-state index is -3.12. The fraction of sp³-hybridized carbons (Fsp3) is 0.875. The smallest absolute Gasteiger partial charge is 0.407 e. The summed E-state index contributed by atoms with van der Waals surface area (Å²) in [7, 11) is -3.12. The van der Waals surface area contributed by atoms with Crippen LogP contribution in [0.1, 0.15) is 19.3 Å². The van der Waals surface area contributed by atoms with E-state index in [1.807, 2.05) is 0 Å². The Bertz CT molecular complexity index is 311. The molecule has 0 aromatic rings. The van der Waals surface area contributed by atoms with Gasteiger partial charge in [0, 0.05) is 19.3 Å². The van der Waals surface area contributed by atoms with Crippen molar-refractivity contribution in [3.63, 3.8) is 0 Å². The summed E-state index contributed by atoms with van der Waals surface area (Å²) in [4.78, 5) is 11.9. The third-order valence-electron chi connectivity index (χ3n) is 2.50. The summed E-state index contributed by atoms with van der Waals surface area (Å²) in [6.07, 6.45) is 2.24. The minimum absolute atomic E-state index is 0.119.